The number of nitrogen functional groups attached to an aromatic ring is 1. The van der Waals surface area contributed by atoms with E-state index in [4.69, 9.17) is 15.7 Å². The van der Waals surface area contributed by atoms with Gasteiger partial charge < -0.3 is 10.5 Å². The van der Waals surface area contributed by atoms with E-state index in [2.05, 4.69) is 0 Å². The number of aryl methyl sites for hydroxylation is 1. The summed E-state index contributed by atoms with van der Waals surface area (Å²) in [5, 5.41) is 8.52. The molecule has 68 valence electrons. The van der Waals surface area contributed by atoms with E-state index in [-0.39, 0.29) is 0 Å². The Hall–Kier alpha value is -1.69. The van der Waals surface area contributed by atoms with Gasteiger partial charge in [-0.2, -0.15) is 5.26 Å². The van der Waals surface area contributed by atoms with Crippen LogP contribution in [0.3, 0.4) is 0 Å². The first-order valence-corrected chi connectivity index (χ1v) is 4.06. The van der Waals surface area contributed by atoms with Crippen molar-refractivity contribution in [1.29, 1.82) is 5.26 Å². The van der Waals surface area contributed by atoms with Crippen LogP contribution in [0.5, 0.6) is 5.75 Å². The Morgan fingerprint density at radius 2 is 2.23 bits per heavy atom. The highest BCUT2D eigenvalue weighted by Gasteiger charge is 2.02. The number of benzene rings is 1. The quantitative estimate of drug-likeness (QED) is 0.700. The molecule has 3 heteroatoms. The molecule has 0 bridgehead atoms. The minimum Gasteiger partial charge on any atom is -0.476 e. The van der Waals surface area contributed by atoms with E-state index >= 15 is 0 Å². The Morgan fingerprint density at radius 1 is 1.54 bits per heavy atom. The Bertz CT molecular complexity index is 341. The zero-order valence-electron chi connectivity index (χ0n) is 7.74. The number of rotatable bonds is 2. The summed E-state index contributed by atoms with van der Waals surface area (Å²) in [6, 6.07) is 7.35. The molecule has 1 aromatic rings. The third kappa shape index (κ3) is 2.38. The van der Waals surface area contributed by atoms with Gasteiger partial charge in [-0.1, -0.05) is 0 Å². The molecule has 0 aliphatic rings. The van der Waals surface area contributed by atoms with Gasteiger partial charge >= 0.3 is 0 Å². The van der Waals surface area contributed by atoms with Gasteiger partial charge in [-0.25, -0.2) is 0 Å². The Labute approximate surface area is 77.7 Å². The van der Waals surface area contributed by atoms with Crippen molar-refractivity contribution < 1.29 is 4.74 Å². The summed E-state index contributed by atoms with van der Waals surface area (Å²) < 4.78 is 5.28. The lowest BCUT2D eigenvalue weighted by atomic mass is 10.2. The number of nitrogens with zero attached hydrogens (tertiary/aromatic N) is 1. The number of nitriles is 1. The fourth-order valence-electron chi connectivity index (χ4n) is 0.952. The van der Waals surface area contributed by atoms with Crippen LogP contribution >= 0.6 is 0 Å². The molecule has 0 radical (unpaired) electrons. The van der Waals surface area contributed by atoms with Crippen LogP contribution in [-0.4, -0.2) is 6.10 Å². The maximum atomic E-state index is 8.52. The van der Waals surface area contributed by atoms with Crippen molar-refractivity contribution in [2.75, 3.05) is 5.73 Å². The maximum absolute atomic E-state index is 8.52. The van der Waals surface area contributed by atoms with Crippen molar-refractivity contribution in [2.45, 2.75) is 20.0 Å². The van der Waals surface area contributed by atoms with E-state index in [1.165, 1.54) is 0 Å². The summed E-state index contributed by atoms with van der Waals surface area (Å²) in [5.74, 6) is 0.681. The molecule has 1 unspecified atom stereocenters. The van der Waals surface area contributed by atoms with Gasteiger partial charge in [-0.3, -0.25) is 0 Å². The van der Waals surface area contributed by atoms with E-state index in [1.807, 2.05) is 19.1 Å². The van der Waals surface area contributed by atoms with Gasteiger partial charge in [0.05, 0.1) is 0 Å². The predicted molar refractivity (Wildman–Crippen MR) is 51.3 cm³/mol. The predicted octanol–water partition coefficient (Wildman–Crippen LogP) is 1.87. The number of nitrogens with two attached hydrogens (primary N) is 1. The van der Waals surface area contributed by atoms with Crippen molar-refractivity contribution in [2.24, 2.45) is 0 Å². The topological polar surface area (TPSA) is 59.0 Å². The molecule has 1 aromatic carbocycles. The number of hydrogen-bond donors (Lipinski definition) is 1. The highest BCUT2D eigenvalue weighted by Crippen LogP contribution is 2.19. The average molecular weight is 176 g/mol. The Kier molecular flexibility index (Phi) is 2.76. The van der Waals surface area contributed by atoms with Crippen LogP contribution in [0.4, 0.5) is 5.69 Å². The molecule has 0 spiro atoms. The Balaban J connectivity index is 2.81. The van der Waals surface area contributed by atoms with Gasteiger partial charge in [0.15, 0.2) is 6.10 Å². The van der Waals surface area contributed by atoms with Crippen LogP contribution in [0.25, 0.3) is 0 Å². The van der Waals surface area contributed by atoms with Crippen molar-refractivity contribution >= 4 is 5.69 Å². The van der Waals surface area contributed by atoms with Gasteiger partial charge in [0.2, 0.25) is 0 Å². The second kappa shape index (κ2) is 3.81. The summed E-state index contributed by atoms with van der Waals surface area (Å²) >= 11 is 0. The first-order chi connectivity index (χ1) is 6.13. The van der Waals surface area contributed by atoms with Crippen LogP contribution < -0.4 is 10.5 Å². The summed E-state index contributed by atoms with van der Waals surface area (Å²) in [4.78, 5) is 0. The smallest absolute Gasteiger partial charge is 0.181 e. The highest BCUT2D eigenvalue weighted by molar-refractivity contribution is 5.49. The lowest BCUT2D eigenvalue weighted by Gasteiger charge is -2.08. The van der Waals surface area contributed by atoms with Gasteiger partial charge in [0.1, 0.15) is 11.8 Å². The Morgan fingerprint density at radius 3 is 2.77 bits per heavy atom. The number of ether oxygens (including phenoxy) is 1. The third-order valence-electron chi connectivity index (χ3n) is 1.74. The zero-order chi connectivity index (χ0) is 9.84. The van der Waals surface area contributed by atoms with E-state index in [0.717, 1.165) is 11.3 Å². The van der Waals surface area contributed by atoms with Crippen LogP contribution in [-0.2, 0) is 0 Å². The molecular formula is C10H12N2O. The van der Waals surface area contributed by atoms with Gasteiger partial charge in [-0.05, 0) is 37.6 Å². The molecule has 0 aromatic heterocycles. The highest BCUT2D eigenvalue weighted by atomic mass is 16.5. The maximum Gasteiger partial charge on any atom is 0.181 e. The molecular weight excluding hydrogens is 164 g/mol. The summed E-state index contributed by atoms with van der Waals surface area (Å²) in [7, 11) is 0. The standard InChI is InChI=1S/C10H12N2O/c1-7-5-9(3-4-10(7)12)13-8(2)6-11/h3-5,8H,12H2,1-2H3. The zero-order valence-corrected chi connectivity index (χ0v) is 7.74. The lowest BCUT2D eigenvalue weighted by molar-refractivity contribution is 0.276. The van der Waals surface area contributed by atoms with Crippen LogP contribution in [0, 0.1) is 18.3 Å². The van der Waals surface area contributed by atoms with Crippen molar-refractivity contribution in [3.05, 3.63) is 23.8 Å². The summed E-state index contributed by atoms with van der Waals surface area (Å²) in [6.45, 7) is 3.60. The van der Waals surface area contributed by atoms with Gasteiger partial charge in [0, 0.05) is 5.69 Å². The molecule has 13 heavy (non-hydrogen) atoms. The molecule has 3 nitrogen and oxygen atoms in total. The van der Waals surface area contributed by atoms with E-state index < -0.39 is 6.10 Å². The molecule has 0 amide bonds. The number of hydrogen-bond acceptors (Lipinski definition) is 3. The first kappa shape index (κ1) is 9.40. The van der Waals surface area contributed by atoms with E-state index in [0.29, 0.717) is 5.75 Å². The van der Waals surface area contributed by atoms with Crippen molar-refractivity contribution in [3.63, 3.8) is 0 Å². The molecule has 0 aliphatic heterocycles. The van der Waals surface area contributed by atoms with Crippen molar-refractivity contribution in [3.8, 4) is 11.8 Å². The monoisotopic (exact) mass is 176 g/mol. The van der Waals surface area contributed by atoms with Crippen molar-refractivity contribution in [1.82, 2.24) is 0 Å². The molecule has 2 N–H and O–H groups in total. The van der Waals surface area contributed by atoms with Gasteiger partial charge in [0.25, 0.3) is 0 Å². The molecule has 1 rings (SSSR count). The summed E-state index contributed by atoms with van der Waals surface area (Å²) in [5.41, 5.74) is 7.33. The average Bonchev–Trinajstić information content (AvgIpc) is 2.11. The largest absolute Gasteiger partial charge is 0.476 e. The van der Waals surface area contributed by atoms with Gasteiger partial charge in [-0.15, -0.1) is 0 Å². The molecule has 1 atom stereocenters. The fourth-order valence-corrected chi connectivity index (χ4v) is 0.952. The minimum absolute atomic E-state index is 0.428. The van der Waals surface area contributed by atoms with Crippen LogP contribution in [0.1, 0.15) is 12.5 Å². The lowest BCUT2D eigenvalue weighted by Crippen LogP contribution is -2.08. The number of anilines is 1. The van der Waals surface area contributed by atoms with E-state index in [9.17, 15) is 0 Å². The summed E-state index contributed by atoms with van der Waals surface area (Å²) in [6.07, 6.45) is -0.428. The fraction of sp³-hybridized carbons (Fsp3) is 0.300. The van der Waals surface area contributed by atoms with E-state index in [1.54, 1.807) is 19.1 Å². The molecule has 0 saturated heterocycles. The third-order valence-corrected chi connectivity index (χ3v) is 1.74. The van der Waals surface area contributed by atoms with Crippen LogP contribution in [0.2, 0.25) is 0 Å². The normalized spacial score (nSPS) is 11.8. The van der Waals surface area contributed by atoms with Crippen LogP contribution in [0.15, 0.2) is 18.2 Å². The second-order valence-corrected chi connectivity index (χ2v) is 2.91. The molecule has 0 fully saturated rings. The SMILES string of the molecule is Cc1cc(OC(C)C#N)ccc1N. The molecule has 0 aliphatic carbocycles. The first-order valence-electron chi connectivity index (χ1n) is 4.06. The molecule has 0 saturated carbocycles. The molecule has 0 heterocycles. The minimum atomic E-state index is -0.428. The second-order valence-electron chi connectivity index (χ2n) is 2.91.